The first-order chi connectivity index (χ1) is 18.2. The molecule has 0 saturated carbocycles. The van der Waals surface area contributed by atoms with Gasteiger partial charge in [-0.05, 0) is 62.2 Å². The summed E-state index contributed by atoms with van der Waals surface area (Å²) in [4.78, 5) is 57.6. The molecule has 3 aliphatic rings. The number of hydrazine groups is 1. The molecule has 4 rings (SSSR count). The Morgan fingerprint density at radius 1 is 1.11 bits per heavy atom. The van der Waals surface area contributed by atoms with Gasteiger partial charge in [-0.3, -0.25) is 19.2 Å². The van der Waals surface area contributed by atoms with Crippen molar-refractivity contribution < 1.29 is 23.6 Å². The first-order valence-electron chi connectivity index (χ1n) is 13.9. The van der Waals surface area contributed by atoms with Crippen LogP contribution in [0.1, 0.15) is 63.9 Å². The Balaban J connectivity index is 1.68. The number of furan rings is 1. The van der Waals surface area contributed by atoms with Crippen molar-refractivity contribution in [2.24, 2.45) is 17.8 Å². The number of nitrogens with one attached hydrogen (secondary N) is 3. The van der Waals surface area contributed by atoms with E-state index in [2.05, 4.69) is 16.1 Å². The molecule has 3 N–H and O–H groups in total. The predicted octanol–water partition coefficient (Wildman–Crippen LogP) is 1.18. The third-order valence-electron chi connectivity index (χ3n) is 7.47. The average molecular weight is 531 g/mol. The third kappa shape index (κ3) is 6.37. The van der Waals surface area contributed by atoms with Crippen LogP contribution in [-0.4, -0.2) is 89.4 Å². The molecule has 0 radical (unpaired) electrons. The van der Waals surface area contributed by atoms with Crippen molar-refractivity contribution in [3.05, 3.63) is 24.2 Å². The zero-order chi connectivity index (χ0) is 27.4. The lowest BCUT2D eigenvalue weighted by atomic mass is 9.93. The zero-order valence-electron chi connectivity index (χ0n) is 22.9. The molecule has 4 heterocycles. The van der Waals surface area contributed by atoms with Gasteiger partial charge in [-0.2, -0.15) is 0 Å². The molecule has 2 unspecified atom stereocenters. The first kappa shape index (κ1) is 28.1. The van der Waals surface area contributed by atoms with Crippen LogP contribution >= 0.6 is 0 Å². The number of carbonyl (C=O) groups excluding carboxylic acids is 4. The standard InChI is InChI=1S/C27H42N6O5/c1-17(2)12-21-26(36)31(15-19-7-9-28-10-8-19)16-24-32(21)25(35)20(30-23(34)13-18(3)4)14-29-33(24)27(37)22-6-5-11-38-22/h5-6,11,17-21,24,28-29H,7-10,12-16H2,1-4H3,(H,30,34)/t20?,21-,24?/m0/s1. The van der Waals surface area contributed by atoms with Crippen LogP contribution in [0.25, 0.3) is 0 Å². The summed E-state index contributed by atoms with van der Waals surface area (Å²) in [5.41, 5.74) is 3.12. The van der Waals surface area contributed by atoms with Crippen molar-refractivity contribution in [1.82, 2.24) is 30.9 Å². The Morgan fingerprint density at radius 2 is 1.84 bits per heavy atom. The number of piperazine rings is 1. The summed E-state index contributed by atoms with van der Waals surface area (Å²) in [6, 6.07) is 1.57. The molecule has 0 spiro atoms. The molecule has 1 aromatic heterocycles. The van der Waals surface area contributed by atoms with E-state index in [1.807, 2.05) is 32.6 Å². The quantitative estimate of drug-likeness (QED) is 0.461. The monoisotopic (exact) mass is 530 g/mol. The molecule has 1 aromatic rings. The molecule has 0 aromatic carbocycles. The topological polar surface area (TPSA) is 127 Å². The maximum atomic E-state index is 14.0. The Labute approximate surface area is 224 Å². The van der Waals surface area contributed by atoms with Crippen LogP contribution in [0.2, 0.25) is 0 Å². The van der Waals surface area contributed by atoms with Gasteiger partial charge in [0.2, 0.25) is 17.7 Å². The second kappa shape index (κ2) is 12.3. The molecule has 3 fully saturated rings. The van der Waals surface area contributed by atoms with Gasteiger partial charge in [0.1, 0.15) is 18.2 Å². The van der Waals surface area contributed by atoms with Crippen LogP contribution in [0, 0.1) is 17.8 Å². The third-order valence-corrected chi connectivity index (χ3v) is 7.47. The molecule has 11 nitrogen and oxygen atoms in total. The van der Waals surface area contributed by atoms with Gasteiger partial charge in [-0.15, -0.1) is 0 Å². The highest BCUT2D eigenvalue weighted by atomic mass is 16.3. The normalized spacial score (nSPS) is 25.1. The maximum Gasteiger partial charge on any atom is 0.305 e. The number of carbonyl (C=O) groups is 4. The van der Waals surface area contributed by atoms with Crippen LogP contribution < -0.4 is 16.1 Å². The molecule has 11 heteroatoms. The second-order valence-corrected chi connectivity index (χ2v) is 11.5. The van der Waals surface area contributed by atoms with E-state index in [0.717, 1.165) is 25.9 Å². The van der Waals surface area contributed by atoms with E-state index >= 15 is 0 Å². The molecule has 38 heavy (non-hydrogen) atoms. The summed E-state index contributed by atoms with van der Waals surface area (Å²) < 4.78 is 5.40. The molecule has 3 aliphatic heterocycles. The van der Waals surface area contributed by atoms with Crippen molar-refractivity contribution in [2.75, 3.05) is 32.7 Å². The minimum Gasteiger partial charge on any atom is -0.459 e. The Morgan fingerprint density at radius 3 is 2.47 bits per heavy atom. The van der Waals surface area contributed by atoms with Gasteiger partial charge in [0.15, 0.2) is 5.76 Å². The molecule has 4 amide bonds. The summed E-state index contributed by atoms with van der Waals surface area (Å²) in [6.45, 7) is 10.5. The van der Waals surface area contributed by atoms with Crippen LogP contribution in [0.5, 0.6) is 0 Å². The molecular weight excluding hydrogens is 488 g/mol. The van der Waals surface area contributed by atoms with Gasteiger partial charge >= 0.3 is 5.91 Å². The maximum absolute atomic E-state index is 14.0. The number of rotatable bonds is 8. The van der Waals surface area contributed by atoms with Crippen LogP contribution in [0.4, 0.5) is 0 Å². The average Bonchev–Trinajstić information content (AvgIpc) is 3.36. The number of fused-ring (bicyclic) bond motifs is 1. The molecular formula is C27H42N6O5. The van der Waals surface area contributed by atoms with E-state index in [1.165, 1.54) is 11.3 Å². The minimum absolute atomic E-state index is 0.0268. The van der Waals surface area contributed by atoms with Gasteiger partial charge in [-0.25, -0.2) is 10.4 Å². The zero-order valence-corrected chi connectivity index (χ0v) is 22.9. The van der Waals surface area contributed by atoms with Crippen molar-refractivity contribution >= 4 is 23.6 Å². The highest BCUT2D eigenvalue weighted by molar-refractivity contribution is 5.96. The van der Waals surface area contributed by atoms with Crippen LogP contribution in [0.3, 0.4) is 0 Å². The highest BCUT2D eigenvalue weighted by Crippen LogP contribution is 2.29. The van der Waals surface area contributed by atoms with Crippen LogP contribution in [0.15, 0.2) is 22.8 Å². The SMILES string of the molecule is CC(C)CC(=O)NC1CNN(C(=O)c2ccco2)C2CN(CC3CCNCC3)C(=O)[C@H](CC(C)C)N2C1=O. The van der Waals surface area contributed by atoms with E-state index in [4.69, 9.17) is 4.42 Å². The summed E-state index contributed by atoms with van der Waals surface area (Å²) >= 11 is 0. The Hall–Kier alpha value is -2.92. The summed E-state index contributed by atoms with van der Waals surface area (Å²) in [5, 5.41) is 7.63. The minimum atomic E-state index is -0.906. The second-order valence-electron chi connectivity index (χ2n) is 11.5. The molecule has 210 valence electrons. The molecule has 3 atom stereocenters. The van der Waals surface area contributed by atoms with Gasteiger partial charge < -0.3 is 24.9 Å². The van der Waals surface area contributed by atoms with E-state index in [9.17, 15) is 19.2 Å². The molecule has 3 saturated heterocycles. The predicted molar refractivity (Wildman–Crippen MR) is 140 cm³/mol. The number of nitrogens with zero attached hydrogens (tertiary/aromatic N) is 3. The molecule has 0 aliphatic carbocycles. The summed E-state index contributed by atoms with van der Waals surface area (Å²) in [5.74, 6) is -0.355. The molecule has 0 bridgehead atoms. The fourth-order valence-electron chi connectivity index (χ4n) is 5.65. The van der Waals surface area contributed by atoms with E-state index < -0.39 is 24.2 Å². The number of hydrogen-bond acceptors (Lipinski definition) is 7. The van der Waals surface area contributed by atoms with Gasteiger partial charge in [0, 0.05) is 19.5 Å². The van der Waals surface area contributed by atoms with E-state index in [0.29, 0.717) is 18.9 Å². The number of hydrogen-bond donors (Lipinski definition) is 3. The smallest absolute Gasteiger partial charge is 0.305 e. The van der Waals surface area contributed by atoms with Gasteiger partial charge in [0.25, 0.3) is 0 Å². The van der Waals surface area contributed by atoms with Crippen molar-refractivity contribution in [2.45, 2.75) is 71.6 Å². The number of piperidine rings is 1. The van der Waals surface area contributed by atoms with Crippen molar-refractivity contribution in [3.63, 3.8) is 0 Å². The fraction of sp³-hybridized carbons (Fsp3) is 0.704. The largest absolute Gasteiger partial charge is 0.459 e. The lowest BCUT2D eigenvalue weighted by molar-refractivity contribution is -0.164. The van der Waals surface area contributed by atoms with E-state index in [-0.39, 0.29) is 54.8 Å². The van der Waals surface area contributed by atoms with Crippen molar-refractivity contribution in [1.29, 1.82) is 0 Å². The van der Waals surface area contributed by atoms with Gasteiger partial charge in [0.05, 0.1) is 12.8 Å². The lowest BCUT2D eigenvalue weighted by Crippen LogP contribution is -2.70. The highest BCUT2D eigenvalue weighted by Gasteiger charge is 2.50. The van der Waals surface area contributed by atoms with Crippen molar-refractivity contribution in [3.8, 4) is 0 Å². The fourth-order valence-corrected chi connectivity index (χ4v) is 5.65. The summed E-state index contributed by atoms with van der Waals surface area (Å²) in [7, 11) is 0. The Kier molecular flexibility index (Phi) is 9.09. The Bertz CT molecular complexity index is 990. The van der Waals surface area contributed by atoms with Crippen LogP contribution in [-0.2, 0) is 14.4 Å². The summed E-state index contributed by atoms with van der Waals surface area (Å²) in [6.07, 6.45) is 3.38. The first-order valence-corrected chi connectivity index (χ1v) is 13.9. The van der Waals surface area contributed by atoms with Gasteiger partial charge in [-0.1, -0.05) is 27.7 Å². The lowest BCUT2D eigenvalue weighted by Gasteiger charge is -2.49. The number of amides is 4. The van der Waals surface area contributed by atoms with E-state index in [1.54, 1.807) is 17.0 Å².